The smallest absolute Gasteiger partial charge is 0.234 e. The number of benzene rings is 1. The molecule has 25 heavy (non-hydrogen) atoms. The molecule has 0 atom stereocenters. The van der Waals surface area contributed by atoms with Gasteiger partial charge >= 0.3 is 0 Å². The Morgan fingerprint density at radius 3 is 2.92 bits per heavy atom. The fourth-order valence-corrected chi connectivity index (χ4v) is 3.26. The number of carbonyl (C=O) groups excluding carboxylic acids is 1. The second kappa shape index (κ2) is 8.47. The molecule has 0 spiro atoms. The lowest BCUT2D eigenvalue weighted by molar-refractivity contribution is -0.122. The summed E-state index contributed by atoms with van der Waals surface area (Å²) in [5.41, 5.74) is 1.47. The number of amides is 1. The van der Waals surface area contributed by atoms with E-state index in [1.807, 2.05) is 25.2 Å². The highest BCUT2D eigenvalue weighted by Gasteiger charge is 2.19. The Hall–Kier alpha value is -1.89. The molecular formula is C18H23ClN4O2. The van der Waals surface area contributed by atoms with Gasteiger partial charge in [0.25, 0.3) is 0 Å². The first-order valence-electron chi connectivity index (χ1n) is 8.51. The number of halogens is 1. The Bertz CT molecular complexity index is 713. The van der Waals surface area contributed by atoms with Crippen LogP contribution in [0.15, 0.2) is 34.9 Å². The highest BCUT2D eigenvalue weighted by atomic mass is 35.5. The number of aromatic nitrogens is 1. The van der Waals surface area contributed by atoms with Crippen molar-refractivity contribution in [2.24, 2.45) is 0 Å². The summed E-state index contributed by atoms with van der Waals surface area (Å²) in [5.74, 6) is 0.588. The van der Waals surface area contributed by atoms with E-state index in [0.29, 0.717) is 35.6 Å². The minimum absolute atomic E-state index is 0.0108. The summed E-state index contributed by atoms with van der Waals surface area (Å²) in [6, 6.07) is 9.70. The maximum atomic E-state index is 12.2. The van der Waals surface area contributed by atoms with Crippen molar-refractivity contribution >= 4 is 17.5 Å². The Labute approximate surface area is 152 Å². The molecule has 1 aliphatic rings. The zero-order valence-corrected chi connectivity index (χ0v) is 15.1. The molecule has 0 unspecified atom stereocenters. The monoisotopic (exact) mass is 362 g/mol. The number of nitrogens with one attached hydrogen (secondary N) is 2. The summed E-state index contributed by atoms with van der Waals surface area (Å²) in [7, 11) is 2.00. The van der Waals surface area contributed by atoms with Crippen molar-refractivity contribution in [1.82, 2.24) is 20.7 Å². The van der Waals surface area contributed by atoms with Crippen molar-refractivity contribution < 1.29 is 9.32 Å². The third kappa shape index (κ3) is 4.81. The third-order valence-corrected chi connectivity index (χ3v) is 4.82. The highest BCUT2D eigenvalue weighted by molar-refractivity contribution is 6.33. The van der Waals surface area contributed by atoms with E-state index in [1.165, 1.54) is 0 Å². The normalized spacial score (nSPS) is 15.5. The number of nitrogens with zero attached hydrogens (tertiary/aromatic N) is 2. The van der Waals surface area contributed by atoms with Crippen molar-refractivity contribution in [2.45, 2.75) is 25.4 Å². The van der Waals surface area contributed by atoms with Crippen LogP contribution in [-0.4, -0.2) is 48.7 Å². The Morgan fingerprint density at radius 1 is 1.40 bits per heavy atom. The second-order valence-corrected chi connectivity index (χ2v) is 6.74. The van der Waals surface area contributed by atoms with Gasteiger partial charge in [0.15, 0.2) is 5.76 Å². The van der Waals surface area contributed by atoms with Crippen LogP contribution >= 0.6 is 11.6 Å². The van der Waals surface area contributed by atoms with Crippen LogP contribution in [0.5, 0.6) is 0 Å². The quantitative estimate of drug-likeness (QED) is 0.825. The minimum atomic E-state index is -0.0108. The van der Waals surface area contributed by atoms with Gasteiger partial charge in [-0.3, -0.25) is 9.69 Å². The first-order chi connectivity index (χ1) is 12.1. The van der Waals surface area contributed by atoms with Gasteiger partial charge in [-0.15, -0.1) is 0 Å². The second-order valence-electron chi connectivity index (χ2n) is 6.34. The summed E-state index contributed by atoms with van der Waals surface area (Å²) < 4.78 is 5.34. The average Bonchev–Trinajstić information content (AvgIpc) is 3.10. The summed E-state index contributed by atoms with van der Waals surface area (Å²) in [5, 5.41) is 10.8. The lowest BCUT2D eigenvalue weighted by atomic mass is 10.1. The topological polar surface area (TPSA) is 70.4 Å². The molecule has 1 amide bonds. The number of likely N-dealkylation sites (N-methyl/N-ethyl adjacent to an activating group) is 1. The van der Waals surface area contributed by atoms with E-state index in [4.69, 9.17) is 16.1 Å². The summed E-state index contributed by atoms with van der Waals surface area (Å²) in [6.07, 6.45) is 2.16. The van der Waals surface area contributed by atoms with Gasteiger partial charge in [0.1, 0.15) is 5.69 Å². The molecule has 3 rings (SSSR count). The first-order valence-corrected chi connectivity index (χ1v) is 8.89. The van der Waals surface area contributed by atoms with Crippen LogP contribution in [0.3, 0.4) is 0 Å². The Kier molecular flexibility index (Phi) is 6.07. The van der Waals surface area contributed by atoms with Gasteiger partial charge in [0.05, 0.1) is 18.1 Å². The molecule has 0 aliphatic carbocycles. The summed E-state index contributed by atoms with van der Waals surface area (Å²) in [6.45, 7) is 2.76. The van der Waals surface area contributed by atoms with Crippen molar-refractivity contribution in [3.63, 3.8) is 0 Å². The van der Waals surface area contributed by atoms with Crippen LogP contribution in [0.4, 0.5) is 0 Å². The van der Waals surface area contributed by atoms with Crippen LogP contribution in [0.25, 0.3) is 11.3 Å². The molecule has 1 aromatic carbocycles. The highest BCUT2D eigenvalue weighted by Crippen LogP contribution is 2.27. The van der Waals surface area contributed by atoms with Gasteiger partial charge in [0.2, 0.25) is 5.91 Å². The fourth-order valence-electron chi connectivity index (χ4n) is 3.03. The van der Waals surface area contributed by atoms with Crippen molar-refractivity contribution in [2.75, 3.05) is 26.7 Å². The van der Waals surface area contributed by atoms with E-state index in [2.05, 4.69) is 20.7 Å². The standard InChI is InChI=1S/C18H23ClN4O2/c1-23(14-6-8-20-9-7-14)12-18(24)21-11-13-10-17(25-22-13)15-4-2-3-5-16(15)19/h2-5,10,14,20H,6-9,11-12H2,1H3,(H,21,24). The average molecular weight is 363 g/mol. The van der Waals surface area contributed by atoms with Crippen LogP contribution < -0.4 is 10.6 Å². The van der Waals surface area contributed by atoms with Gasteiger partial charge in [-0.05, 0) is 45.1 Å². The van der Waals surface area contributed by atoms with Crippen LogP contribution in [0.1, 0.15) is 18.5 Å². The predicted molar refractivity (Wildman–Crippen MR) is 97.3 cm³/mol. The number of piperidine rings is 1. The van der Waals surface area contributed by atoms with Crippen LogP contribution in [0.2, 0.25) is 5.02 Å². The van der Waals surface area contributed by atoms with Crippen molar-refractivity contribution in [3.05, 3.63) is 41.0 Å². The number of hydrogen-bond donors (Lipinski definition) is 2. The largest absolute Gasteiger partial charge is 0.356 e. The zero-order valence-electron chi connectivity index (χ0n) is 14.3. The number of carbonyl (C=O) groups is 1. The third-order valence-electron chi connectivity index (χ3n) is 4.49. The first kappa shape index (κ1) is 17.9. The van der Waals surface area contributed by atoms with E-state index in [1.54, 1.807) is 12.1 Å². The van der Waals surface area contributed by atoms with E-state index < -0.39 is 0 Å². The fraction of sp³-hybridized carbons (Fsp3) is 0.444. The van der Waals surface area contributed by atoms with Gasteiger partial charge < -0.3 is 15.2 Å². The van der Waals surface area contributed by atoms with Gasteiger partial charge in [0, 0.05) is 17.7 Å². The lowest BCUT2D eigenvalue weighted by Crippen LogP contribution is -2.45. The molecule has 1 fully saturated rings. The molecule has 134 valence electrons. The van der Waals surface area contributed by atoms with E-state index >= 15 is 0 Å². The molecule has 2 aromatic rings. The minimum Gasteiger partial charge on any atom is -0.356 e. The van der Waals surface area contributed by atoms with Crippen molar-refractivity contribution in [3.8, 4) is 11.3 Å². The summed E-state index contributed by atoms with van der Waals surface area (Å²) >= 11 is 6.16. The molecule has 0 bridgehead atoms. The van der Waals surface area contributed by atoms with Crippen LogP contribution in [0, 0.1) is 0 Å². The van der Waals surface area contributed by atoms with Gasteiger partial charge in [-0.25, -0.2) is 0 Å². The Morgan fingerprint density at radius 2 is 2.16 bits per heavy atom. The van der Waals surface area contributed by atoms with Crippen molar-refractivity contribution in [1.29, 1.82) is 0 Å². The van der Waals surface area contributed by atoms with E-state index in [0.717, 1.165) is 31.5 Å². The molecule has 1 saturated heterocycles. The molecule has 0 radical (unpaired) electrons. The SMILES string of the molecule is CN(CC(=O)NCc1cc(-c2ccccc2Cl)on1)C1CCNCC1. The maximum absolute atomic E-state index is 12.2. The molecule has 1 aromatic heterocycles. The lowest BCUT2D eigenvalue weighted by Gasteiger charge is -2.31. The molecular weight excluding hydrogens is 340 g/mol. The zero-order chi connectivity index (χ0) is 17.6. The van der Waals surface area contributed by atoms with E-state index in [9.17, 15) is 4.79 Å². The maximum Gasteiger partial charge on any atom is 0.234 e. The van der Waals surface area contributed by atoms with Gasteiger partial charge in [-0.2, -0.15) is 0 Å². The van der Waals surface area contributed by atoms with Gasteiger partial charge in [-0.1, -0.05) is 28.9 Å². The predicted octanol–water partition coefficient (Wildman–Crippen LogP) is 2.29. The molecule has 6 nitrogen and oxygen atoms in total. The number of rotatable bonds is 6. The molecule has 7 heteroatoms. The van der Waals surface area contributed by atoms with Crippen LogP contribution in [-0.2, 0) is 11.3 Å². The molecule has 2 N–H and O–H groups in total. The number of hydrogen-bond acceptors (Lipinski definition) is 5. The molecule has 1 aliphatic heterocycles. The molecule has 0 saturated carbocycles. The Balaban J connectivity index is 1.50. The molecule has 2 heterocycles. The van der Waals surface area contributed by atoms with E-state index in [-0.39, 0.29) is 5.91 Å². The summed E-state index contributed by atoms with van der Waals surface area (Å²) in [4.78, 5) is 14.3.